The SMILES string of the molecule is C#CC1(C#C)CCc2sccc2C1=O. The number of ketones is 1. The summed E-state index contributed by atoms with van der Waals surface area (Å²) in [6.07, 6.45) is 12.1. The van der Waals surface area contributed by atoms with E-state index in [9.17, 15) is 4.79 Å². The van der Waals surface area contributed by atoms with Gasteiger partial charge in [0.25, 0.3) is 0 Å². The number of terminal acetylenes is 2. The van der Waals surface area contributed by atoms with Crippen molar-refractivity contribution in [1.82, 2.24) is 0 Å². The Balaban J connectivity index is 2.56. The predicted molar refractivity (Wildman–Crippen MR) is 57.1 cm³/mol. The Morgan fingerprint density at radius 1 is 1.43 bits per heavy atom. The highest BCUT2D eigenvalue weighted by molar-refractivity contribution is 7.10. The number of hydrogen-bond acceptors (Lipinski definition) is 2. The lowest BCUT2D eigenvalue weighted by molar-refractivity contribution is 0.0892. The lowest BCUT2D eigenvalue weighted by Gasteiger charge is -2.25. The molecule has 0 saturated carbocycles. The highest BCUT2D eigenvalue weighted by Gasteiger charge is 2.40. The molecule has 14 heavy (non-hydrogen) atoms. The fourth-order valence-electron chi connectivity index (χ4n) is 1.70. The van der Waals surface area contributed by atoms with Gasteiger partial charge in [-0.3, -0.25) is 4.79 Å². The van der Waals surface area contributed by atoms with Crippen molar-refractivity contribution in [3.05, 3.63) is 21.9 Å². The number of rotatable bonds is 0. The third-order valence-corrected chi connectivity index (χ3v) is 3.58. The van der Waals surface area contributed by atoms with Crippen molar-refractivity contribution in [2.75, 3.05) is 0 Å². The summed E-state index contributed by atoms with van der Waals surface area (Å²) >= 11 is 1.59. The van der Waals surface area contributed by atoms with Crippen molar-refractivity contribution in [2.24, 2.45) is 5.41 Å². The predicted octanol–water partition coefficient (Wildman–Crippen LogP) is 2.13. The highest BCUT2D eigenvalue weighted by Crippen LogP contribution is 2.36. The second-order valence-corrected chi connectivity index (χ2v) is 4.28. The number of hydrogen-bond donors (Lipinski definition) is 0. The Bertz CT molecular complexity index is 453. The second kappa shape index (κ2) is 3.01. The van der Waals surface area contributed by atoms with Gasteiger partial charge in [0.05, 0.1) is 0 Å². The fraction of sp³-hybridized carbons (Fsp3) is 0.250. The Morgan fingerprint density at radius 2 is 2.14 bits per heavy atom. The molecule has 1 aliphatic carbocycles. The molecule has 0 bridgehead atoms. The number of thiophene rings is 1. The van der Waals surface area contributed by atoms with Crippen molar-refractivity contribution in [3.8, 4) is 24.7 Å². The minimum atomic E-state index is -0.992. The summed E-state index contributed by atoms with van der Waals surface area (Å²) in [5.74, 6) is 4.85. The van der Waals surface area contributed by atoms with Crippen molar-refractivity contribution < 1.29 is 4.79 Å². The zero-order chi connectivity index (χ0) is 10.2. The zero-order valence-corrected chi connectivity index (χ0v) is 8.36. The largest absolute Gasteiger partial charge is 0.291 e. The average molecular weight is 200 g/mol. The van der Waals surface area contributed by atoms with Gasteiger partial charge >= 0.3 is 0 Å². The highest BCUT2D eigenvalue weighted by atomic mass is 32.1. The minimum absolute atomic E-state index is 0.0787. The van der Waals surface area contributed by atoms with Crippen LogP contribution in [0, 0.1) is 30.1 Å². The molecule has 0 spiro atoms. The van der Waals surface area contributed by atoms with E-state index in [0.29, 0.717) is 6.42 Å². The van der Waals surface area contributed by atoms with Crippen LogP contribution in [0.2, 0.25) is 0 Å². The number of carbonyl (C=O) groups excluding carboxylic acids is 1. The summed E-state index contributed by atoms with van der Waals surface area (Å²) in [6, 6.07) is 1.81. The van der Waals surface area contributed by atoms with Gasteiger partial charge in [-0.1, -0.05) is 11.8 Å². The van der Waals surface area contributed by atoms with Gasteiger partial charge in [0.1, 0.15) is 0 Å². The number of Topliss-reactive ketones (excluding diaryl/α,β-unsaturated/α-hetero) is 1. The Kier molecular flexibility index (Phi) is 1.95. The van der Waals surface area contributed by atoms with Gasteiger partial charge in [-0.25, -0.2) is 0 Å². The van der Waals surface area contributed by atoms with E-state index in [0.717, 1.165) is 16.9 Å². The van der Waals surface area contributed by atoms with Gasteiger partial charge in [0, 0.05) is 10.4 Å². The molecule has 0 unspecified atom stereocenters. The van der Waals surface area contributed by atoms with E-state index in [-0.39, 0.29) is 5.78 Å². The van der Waals surface area contributed by atoms with Crippen LogP contribution < -0.4 is 0 Å². The molecule has 0 aromatic carbocycles. The van der Waals surface area contributed by atoms with Crippen LogP contribution >= 0.6 is 11.3 Å². The normalized spacial score (nSPS) is 18.0. The van der Waals surface area contributed by atoms with Gasteiger partial charge in [0.2, 0.25) is 0 Å². The lowest BCUT2D eigenvalue weighted by Crippen LogP contribution is -2.32. The van der Waals surface area contributed by atoms with Crippen LogP contribution in [0.25, 0.3) is 0 Å². The molecule has 2 rings (SSSR count). The van der Waals surface area contributed by atoms with E-state index in [1.807, 2.05) is 11.4 Å². The summed E-state index contributed by atoms with van der Waals surface area (Å²) in [6.45, 7) is 0. The maximum absolute atomic E-state index is 12.0. The van der Waals surface area contributed by atoms with E-state index in [1.54, 1.807) is 11.3 Å². The number of fused-ring (bicyclic) bond motifs is 1. The average Bonchev–Trinajstić information content (AvgIpc) is 2.68. The Morgan fingerprint density at radius 3 is 2.79 bits per heavy atom. The first kappa shape index (κ1) is 9.06. The minimum Gasteiger partial charge on any atom is -0.291 e. The van der Waals surface area contributed by atoms with Gasteiger partial charge < -0.3 is 0 Å². The van der Waals surface area contributed by atoms with Crippen LogP contribution in [0.15, 0.2) is 11.4 Å². The van der Waals surface area contributed by atoms with Crippen LogP contribution in [0.3, 0.4) is 0 Å². The summed E-state index contributed by atoms with van der Waals surface area (Å²) in [5.41, 5.74) is -0.272. The molecule has 1 aromatic heterocycles. The first-order valence-electron chi connectivity index (χ1n) is 4.30. The van der Waals surface area contributed by atoms with Gasteiger partial charge in [-0.15, -0.1) is 24.2 Å². The smallest absolute Gasteiger partial charge is 0.194 e. The molecule has 0 atom stereocenters. The van der Waals surface area contributed by atoms with Gasteiger partial charge in [-0.2, -0.15) is 0 Å². The van der Waals surface area contributed by atoms with Crippen molar-refractivity contribution in [1.29, 1.82) is 0 Å². The third kappa shape index (κ3) is 1.02. The molecule has 1 heterocycles. The third-order valence-electron chi connectivity index (χ3n) is 2.60. The monoisotopic (exact) mass is 200 g/mol. The molecular formula is C12H8OS. The van der Waals surface area contributed by atoms with Crippen LogP contribution in [0.1, 0.15) is 21.7 Å². The summed E-state index contributed by atoms with van der Waals surface area (Å²) < 4.78 is 0. The molecule has 0 N–H and O–H groups in total. The maximum atomic E-state index is 12.0. The maximum Gasteiger partial charge on any atom is 0.194 e. The fourth-order valence-corrected chi connectivity index (χ4v) is 2.57. The van der Waals surface area contributed by atoms with Gasteiger partial charge in [-0.05, 0) is 24.3 Å². The van der Waals surface area contributed by atoms with Crippen LogP contribution in [0.5, 0.6) is 0 Å². The first-order valence-corrected chi connectivity index (χ1v) is 5.18. The topological polar surface area (TPSA) is 17.1 Å². The van der Waals surface area contributed by atoms with E-state index >= 15 is 0 Å². The number of aryl methyl sites for hydroxylation is 1. The Labute approximate surface area is 87.1 Å². The van der Waals surface area contributed by atoms with Crippen LogP contribution in [-0.2, 0) is 6.42 Å². The van der Waals surface area contributed by atoms with Gasteiger partial charge in [0.15, 0.2) is 11.2 Å². The zero-order valence-electron chi connectivity index (χ0n) is 7.54. The molecule has 1 nitrogen and oxygen atoms in total. The second-order valence-electron chi connectivity index (χ2n) is 3.28. The lowest BCUT2D eigenvalue weighted by atomic mass is 9.74. The molecule has 0 fully saturated rings. The van der Waals surface area contributed by atoms with Crippen LogP contribution in [0.4, 0.5) is 0 Å². The summed E-state index contributed by atoms with van der Waals surface area (Å²) in [5, 5.41) is 1.91. The molecule has 0 aliphatic heterocycles. The first-order chi connectivity index (χ1) is 6.73. The molecular weight excluding hydrogens is 192 g/mol. The molecule has 1 aliphatic rings. The number of carbonyl (C=O) groups is 1. The molecule has 0 saturated heterocycles. The van der Waals surface area contributed by atoms with Crippen molar-refractivity contribution in [3.63, 3.8) is 0 Å². The molecule has 1 aromatic rings. The molecule has 68 valence electrons. The van der Waals surface area contributed by atoms with Crippen molar-refractivity contribution >= 4 is 17.1 Å². The van der Waals surface area contributed by atoms with Crippen molar-refractivity contribution in [2.45, 2.75) is 12.8 Å². The van der Waals surface area contributed by atoms with Crippen LogP contribution in [-0.4, -0.2) is 5.78 Å². The molecule has 2 heteroatoms. The van der Waals surface area contributed by atoms with E-state index < -0.39 is 5.41 Å². The van der Waals surface area contributed by atoms with E-state index in [2.05, 4.69) is 11.8 Å². The van der Waals surface area contributed by atoms with E-state index in [4.69, 9.17) is 12.8 Å². The summed E-state index contributed by atoms with van der Waals surface area (Å²) in [7, 11) is 0. The molecule has 0 amide bonds. The summed E-state index contributed by atoms with van der Waals surface area (Å²) in [4.78, 5) is 13.1. The molecule has 0 radical (unpaired) electrons. The standard InChI is InChI=1S/C12H8OS/c1-3-12(4-2)7-5-10-9(11(12)13)6-8-14-10/h1-2,6,8H,5,7H2. The quantitative estimate of drug-likeness (QED) is 0.586. The van der Waals surface area contributed by atoms with E-state index in [1.165, 1.54) is 0 Å². The Hall–Kier alpha value is -1.51.